The van der Waals surface area contributed by atoms with Crippen molar-refractivity contribution in [3.8, 4) is 0 Å². The Balaban J connectivity index is 1.89. The largest absolute Gasteiger partial charge is 0.451 e. The summed E-state index contributed by atoms with van der Waals surface area (Å²) in [4.78, 5) is 37.1. The minimum atomic E-state index is -0.748. The first kappa shape index (κ1) is 17.8. The molecule has 0 fully saturated rings. The topological polar surface area (TPSA) is 84.9 Å². The predicted molar refractivity (Wildman–Crippen MR) is 97.8 cm³/mol. The van der Waals surface area contributed by atoms with E-state index in [1.807, 2.05) is 13.8 Å². The molecule has 1 atom stereocenters. The Labute approximate surface area is 156 Å². The van der Waals surface area contributed by atoms with Gasteiger partial charge in [-0.05, 0) is 32.4 Å². The van der Waals surface area contributed by atoms with E-state index in [2.05, 4.69) is 15.0 Å². The molecule has 0 bridgehead atoms. The number of halogens is 2. The van der Waals surface area contributed by atoms with E-state index < -0.39 is 12.1 Å². The number of aryl methyl sites for hydroxylation is 2. The average Bonchev–Trinajstić information content (AvgIpc) is 2.84. The van der Waals surface area contributed by atoms with Gasteiger partial charge < -0.3 is 9.72 Å². The number of rotatable bonds is 3. The molecule has 130 valence electrons. The zero-order chi connectivity index (χ0) is 18.3. The van der Waals surface area contributed by atoms with E-state index in [4.69, 9.17) is 27.9 Å². The van der Waals surface area contributed by atoms with Crippen molar-refractivity contribution in [1.29, 1.82) is 0 Å². The zero-order valence-corrected chi connectivity index (χ0v) is 15.8. The number of carbonyl (C=O) groups excluding carboxylic acids is 1. The molecule has 0 aliphatic rings. The van der Waals surface area contributed by atoms with Crippen LogP contribution in [0.15, 0.2) is 17.1 Å². The van der Waals surface area contributed by atoms with Gasteiger partial charge in [-0.3, -0.25) is 4.79 Å². The molecular weight excluding hydrogens is 385 g/mol. The summed E-state index contributed by atoms with van der Waals surface area (Å²) in [5.74, 6) is -0.361. The van der Waals surface area contributed by atoms with Gasteiger partial charge in [-0.15, -0.1) is 11.3 Å². The molecule has 6 nitrogen and oxygen atoms in total. The third-order valence-corrected chi connectivity index (χ3v) is 5.55. The van der Waals surface area contributed by atoms with Gasteiger partial charge in [-0.2, -0.15) is 0 Å². The van der Waals surface area contributed by atoms with Crippen LogP contribution < -0.4 is 5.56 Å². The van der Waals surface area contributed by atoms with Crippen LogP contribution in [0, 0.1) is 13.8 Å². The van der Waals surface area contributed by atoms with Gasteiger partial charge in [-0.1, -0.05) is 23.2 Å². The maximum absolute atomic E-state index is 12.3. The number of fused-ring (bicyclic) bond motifs is 1. The quantitative estimate of drug-likeness (QED) is 0.528. The van der Waals surface area contributed by atoms with Crippen molar-refractivity contribution >= 4 is 50.7 Å². The molecular formula is C16H13Cl2N3O3S. The molecule has 25 heavy (non-hydrogen) atoms. The Morgan fingerprint density at radius 1 is 1.36 bits per heavy atom. The third-order valence-electron chi connectivity index (χ3n) is 3.76. The van der Waals surface area contributed by atoms with E-state index in [9.17, 15) is 9.59 Å². The summed E-state index contributed by atoms with van der Waals surface area (Å²) in [5.41, 5.74) is 0.820. The van der Waals surface area contributed by atoms with Crippen LogP contribution in [0.2, 0.25) is 10.2 Å². The number of nitrogens with one attached hydrogen (secondary N) is 1. The molecule has 0 saturated carbocycles. The maximum atomic E-state index is 12.3. The summed E-state index contributed by atoms with van der Waals surface area (Å²) in [6, 6.07) is 1.37. The first-order chi connectivity index (χ1) is 11.8. The van der Waals surface area contributed by atoms with Crippen molar-refractivity contribution in [2.24, 2.45) is 0 Å². The molecule has 3 rings (SSSR count). The van der Waals surface area contributed by atoms with Crippen LogP contribution >= 0.6 is 34.5 Å². The second-order valence-corrected chi connectivity index (χ2v) is 7.43. The van der Waals surface area contributed by atoms with Gasteiger partial charge in [0.05, 0.1) is 16.0 Å². The van der Waals surface area contributed by atoms with Crippen LogP contribution in [0.5, 0.6) is 0 Å². The first-order valence-electron chi connectivity index (χ1n) is 7.30. The van der Waals surface area contributed by atoms with Crippen LogP contribution in [0.3, 0.4) is 0 Å². The lowest BCUT2D eigenvalue weighted by molar-refractivity contribution is 0.0319. The van der Waals surface area contributed by atoms with E-state index in [0.717, 1.165) is 10.4 Å². The number of hydrogen-bond donors (Lipinski definition) is 1. The number of pyridine rings is 1. The Hall–Kier alpha value is -1.96. The lowest BCUT2D eigenvalue weighted by Crippen LogP contribution is -2.17. The van der Waals surface area contributed by atoms with Gasteiger partial charge in [0.25, 0.3) is 5.56 Å². The minimum absolute atomic E-state index is 0.103. The normalized spacial score (nSPS) is 12.4. The summed E-state index contributed by atoms with van der Waals surface area (Å²) in [7, 11) is 0. The minimum Gasteiger partial charge on any atom is -0.451 e. The van der Waals surface area contributed by atoms with Crippen molar-refractivity contribution in [2.75, 3.05) is 0 Å². The number of aromatic amines is 1. The number of thiophene rings is 1. The van der Waals surface area contributed by atoms with Crippen molar-refractivity contribution < 1.29 is 9.53 Å². The molecule has 1 unspecified atom stereocenters. The Morgan fingerprint density at radius 3 is 2.76 bits per heavy atom. The lowest BCUT2D eigenvalue weighted by atomic mass is 10.2. The maximum Gasteiger partial charge on any atom is 0.340 e. The summed E-state index contributed by atoms with van der Waals surface area (Å²) in [6.45, 7) is 5.44. The van der Waals surface area contributed by atoms with Crippen LogP contribution in [-0.2, 0) is 4.74 Å². The number of ether oxygens (including phenoxy) is 1. The fourth-order valence-corrected chi connectivity index (χ4v) is 3.59. The van der Waals surface area contributed by atoms with E-state index in [1.165, 1.54) is 23.6 Å². The second-order valence-electron chi connectivity index (χ2n) is 5.46. The second kappa shape index (κ2) is 6.74. The van der Waals surface area contributed by atoms with Crippen molar-refractivity contribution in [1.82, 2.24) is 15.0 Å². The van der Waals surface area contributed by atoms with Gasteiger partial charge in [0.1, 0.15) is 9.98 Å². The highest BCUT2D eigenvalue weighted by Gasteiger charge is 2.19. The van der Waals surface area contributed by atoms with Crippen LogP contribution in [0.4, 0.5) is 0 Å². The van der Waals surface area contributed by atoms with Gasteiger partial charge in [0.15, 0.2) is 11.9 Å². The zero-order valence-electron chi connectivity index (χ0n) is 13.5. The number of hydrogen-bond acceptors (Lipinski definition) is 6. The van der Waals surface area contributed by atoms with E-state index >= 15 is 0 Å². The molecule has 1 N–H and O–H groups in total. The summed E-state index contributed by atoms with van der Waals surface area (Å²) < 4.78 is 5.35. The first-order valence-corrected chi connectivity index (χ1v) is 8.87. The molecule has 0 radical (unpaired) electrons. The number of nitrogens with zero attached hydrogens (tertiary/aromatic N) is 2. The molecule has 3 aromatic rings. The predicted octanol–water partition coefficient (Wildman–Crippen LogP) is 4.22. The Morgan fingerprint density at radius 2 is 2.08 bits per heavy atom. The molecule has 9 heteroatoms. The van der Waals surface area contributed by atoms with Crippen LogP contribution in [0.25, 0.3) is 10.2 Å². The molecule has 0 aliphatic carbocycles. The SMILES string of the molecule is Cc1sc2nc(C(C)OC(=O)c3cnc(Cl)c(Cl)c3)[nH]c(=O)c2c1C. The summed E-state index contributed by atoms with van der Waals surface area (Å²) in [6.07, 6.45) is 0.524. The van der Waals surface area contributed by atoms with E-state index in [-0.39, 0.29) is 27.1 Å². The highest BCUT2D eigenvalue weighted by Crippen LogP contribution is 2.27. The molecule has 0 aromatic carbocycles. The van der Waals surface area contributed by atoms with Gasteiger partial charge >= 0.3 is 5.97 Å². The Kier molecular flexibility index (Phi) is 4.81. The summed E-state index contributed by atoms with van der Waals surface area (Å²) in [5, 5.41) is 0.825. The van der Waals surface area contributed by atoms with Crippen LogP contribution in [0.1, 0.15) is 39.7 Å². The summed E-state index contributed by atoms with van der Waals surface area (Å²) >= 11 is 13.0. The fourth-order valence-electron chi connectivity index (χ4n) is 2.28. The molecule has 0 spiro atoms. The van der Waals surface area contributed by atoms with Gasteiger partial charge in [-0.25, -0.2) is 14.8 Å². The fraction of sp³-hybridized carbons (Fsp3) is 0.250. The third kappa shape index (κ3) is 3.40. The molecule has 3 aromatic heterocycles. The van der Waals surface area contributed by atoms with Crippen molar-refractivity contribution in [2.45, 2.75) is 26.9 Å². The Bertz CT molecular complexity index is 1050. The monoisotopic (exact) mass is 397 g/mol. The van der Waals surface area contributed by atoms with E-state index in [1.54, 1.807) is 6.92 Å². The van der Waals surface area contributed by atoms with Crippen LogP contribution in [-0.4, -0.2) is 20.9 Å². The molecule has 0 amide bonds. The number of H-pyrrole nitrogens is 1. The highest BCUT2D eigenvalue weighted by molar-refractivity contribution is 7.18. The van der Waals surface area contributed by atoms with Crippen molar-refractivity contribution in [3.63, 3.8) is 0 Å². The molecule has 0 saturated heterocycles. The standard InChI is InChI=1S/C16H13Cl2N3O3S/c1-6-8(3)25-15-11(6)14(22)20-13(21-15)7(2)24-16(23)9-4-10(17)12(18)19-5-9/h4-5,7H,1-3H3,(H,20,21,22). The highest BCUT2D eigenvalue weighted by atomic mass is 35.5. The van der Waals surface area contributed by atoms with Gasteiger partial charge in [0, 0.05) is 11.1 Å². The van der Waals surface area contributed by atoms with Gasteiger partial charge in [0.2, 0.25) is 0 Å². The number of aromatic nitrogens is 3. The number of esters is 1. The number of carbonyl (C=O) groups is 1. The smallest absolute Gasteiger partial charge is 0.340 e. The van der Waals surface area contributed by atoms with Crippen molar-refractivity contribution in [3.05, 3.63) is 54.6 Å². The molecule has 3 heterocycles. The molecule has 0 aliphatic heterocycles. The average molecular weight is 398 g/mol. The van der Waals surface area contributed by atoms with E-state index in [0.29, 0.717) is 10.2 Å². The lowest BCUT2D eigenvalue weighted by Gasteiger charge is -2.12.